The molecule has 0 radical (unpaired) electrons. The first-order valence-corrected chi connectivity index (χ1v) is 8.88. The Morgan fingerprint density at radius 2 is 2.04 bits per heavy atom. The molecule has 9 heteroatoms. The van der Waals surface area contributed by atoms with Crippen molar-refractivity contribution in [1.82, 2.24) is 25.2 Å². The number of rotatable bonds is 5. The number of para-hydroxylation sites is 1. The number of furan rings is 1. The smallest absolute Gasteiger partial charge is 0.316 e. The van der Waals surface area contributed by atoms with E-state index in [1.54, 1.807) is 23.0 Å². The summed E-state index contributed by atoms with van der Waals surface area (Å²) < 4.78 is 12.2. The van der Waals surface area contributed by atoms with Gasteiger partial charge in [0, 0.05) is 6.20 Å². The standard InChI is InChI=1S/C19H16ClN5O3/c1-11-7-8-13(27-11)9-21-18(26)19-22-17(24-28-19)14-10-25(23-12(14)2)16-6-4-3-5-15(16)20/h3-8,10H,9H2,1-2H3,(H,21,26). The van der Waals surface area contributed by atoms with Crippen LogP contribution >= 0.6 is 11.6 Å². The number of amides is 1. The van der Waals surface area contributed by atoms with Gasteiger partial charge in [0.2, 0.25) is 5.82 Å². The summed E-state index contributed by atoms with van der Waals surface area (Å²) in [4.78, 5) is 16.4. The third kappa shape index (κ3) is 3.54. The molecule has 0 bridgehead atoms. The second-order valence-electron chi connectivity index (χ2n) is 6.14. The summed E-state index contributed by atoms with van der Waals surface area (Å²) in [6, 6.07) is 11.0. The zero-order valence-corrected chi connectivity index (χ0v) is 15.9. The fourth-order valence-corrected chi connectivity index (χ4v) is 2.91. The van der Waals surface area contributed by atoms with Crippen LogP contribution in [0.1, 0.15) is 27.9 Å². The van der Waals surface area contributed by atoms with Gasteiger partial charge in [-0.1, -0.05) is 28.9 Å². The van der Waals surface area contributed by atoms with Crippen molar-refractivity contribution in [1.29, 1.82) is 0 Å². The molecular weight excluding hydrogens is 382 g/mol. The minimum Gasteiger partial charge on any atom is -0.465 e. The predicted octanol–water partition coefficient (Wildman–Crippen LogP) is 3.72. The molecule has 3 aromatic heterocycles. The van der Waals surface area contributed by atoms with Crippen molar-refractivity contribution in [3.63, 3.8) is 0 Å². The van der Waals surface area contributed by atoms with Gasteiger partial charge in [0.05, 0.1) is 28.5 Å². The molecule has 1 N–H and O–H groups in total. The van der Waals surface area contributed by atoms with Gasteiger partial charge >= 0.3 is 11.8 Å². The lowest BCUT2D eigenvalue weighted by Crippen LogP contribution is -2.22. The number of carbonyl (C=O) groups is 1. The minimum absolute atomic E-state index is 0.136. The Balaban J connectivity index is 1.53. The van der Waals surface area contributed by atoms with Gasteiger partial charge in [-0.25, -0.2) is 4.68 Å². The SMILES string of the molecule is Cc1ccc(CNC(=O)c2nc(-c3cn(-c4ccccc4Cl)nc3C)no2)o1. The number of nitrogens with one attached hydrogen (secondary N) is 1. The van der Waals surface area contributed by atoms with Crippen molar-refractivity contribution in [3.8, 4) is 17.1 Å². The summed E-state index contributed by atoms with van der Waals surface area (Å²) in [6.07, 6.45) is 1.74. The van der Waals surface area contributed by atoms with Gasteiger partial charge in [0.15, 0.2) is 0 Å². The molecule has 3 heterocycles. The van der Waals surface area contributed by atoms with Crippen LogP contribution in [0, 0.1) is 13.8 Å². The lowest BCUT2D eigenvalue weighted by atomic mass is 10.2. The summed E-state index contributed by atoms with van der Waals surface area (Å²) in [5.74, 6) is 1.07. The number of hydrogen-bond donors (Lipinski definition) is 1. The monoisotopic (exact) mass is 397 g/mol. The third-order valence-corrected chi connectivity index (χ3v) is 4.40. The van der Waals surface area contributed by atoms with E-state index in [0.717, 1.165) is 11.4 Å². The van der Waals surface area contributed by atoms with Crippen LogP contribution in [0.3, 0.4) is 0 Å². The van der Waals surface area contributed by atoms with E-state index in [9.17, 15) is 4.79 Å². The molecule has 0 aliphatic heterocycles. The molecule has 4 rings (SSSR count). The van der Waals surface area contributed by atoms with Gasteiger partial charge in [0.25, 0.3) is 0 Å². The fourth-order valence-electron chi connectivity index (χ4n) is 2.69. The second-order valence-corrected chi connectivity index (χ2v) is 6.55. The maximum atomic E-state index is 12.2. The predicted molar refractivity (Wildman–Crippen MR) is 101 cm³/mol. The van der Waals surface area contributed by atoms with Crippen molar-refractivity contribution in [2.75, 3.05) is 0 Å². The average Bonchev–Trinajstić information content (AvgIpc) is 3.40. The number of benzene rings is 1. The first kappa shape index (κ1) is 18.0. The van der Waals surface area contributed by atoms with Gasteiger partial charge in [-0.2, -0.15) is 10.1 Å². The normalized spacial score (nSPS) is 11.0. The highest BCUT2D eigenvalue weighted by atomic mass is 35.5. The molecule has 0 atom stereocenters. The van der Waals surface area contributed by atoms with Gasteiger partial charge in [-0.05, 0) is 38.1 Å². The number of aromatic nitrogens is 4. The Morgan fingerprint density at radius 3 is 2.79 bits per heavy atom. The van der Waals surface area contributed by atoms with E-state index in [4.69, 9.17) is 20.5 Å². The van der Waals surface area contributed by atoms with Crippen molar-refractivity contribution in [2.24, 2.45) is 0 Å². The number of halogens is 1. The first-order chi connectivity index (χ1) is 13.5. The van der Waals surface area contributed by atoms with Crippen LogP contribution in [0.2, 0.25) is 5.02 Å². The van der Waals surface area contributed by atoms with Gasteiger partial charge < -0.3 is 14.3 Å². The fraction of sp³-hybridized carbons (Fsp3) is 0.158. The molecule has 0 saturated heterocycles. The van der Waals surface area contributed by atoms with E-state index in [2.05, 4.69) is 20.6 Å². The summed E-state index contributed by atoms with van der Waals surface area (Å²) in [7, 11) is 0. The molecule has 8 nitrogen and oxygen atoms in total. The van der Waals surface area contributed by atoms with E-state index in [1.165, 1.54) is 0 Å². The molecule has 1 aromatic carbocycles. The Hall–Kier alpha value is -3.39. The number of aryl methyl sites for hydroxylation is 2. The molecule has 1 amide bonds. The maximum Gasteiger partial charge on any atom is 0.316 e. The quantitative estimate of drug-likeness (QED) is 0.551. The van der Waals surface area contributed by atoms with E-state index in [-0.39, 0.29) is 18.3 Å². The highest BCUT2D eigenvalue weighted by Crippen LogP contribution is 2.24. The molecule has 0 aliphatic rings. The van der Waals surface area contributed by atoms with Crippen LogP contribution < -0.4 is 5.32 Å². The number of carbonyl (C=O) groups excluding carboxylic acids is 1. The molecule has 0 aliphatic carbocycles. The van der Waals surface area contributed by atoms with Crippen molar-refractivity contribution in [2.45, 2.75) is 20.4 Å². The number of hydrogen-bond acceptors (Lipinski definition) is 6. The van der Waals surface area contributed by atoms with Gasteiger partial charge in [-0.15, -0.1) is 0 Å². The van der Waals surface area contributed by atoms with E-state index >= 15 is 0 Å². The summed E-state index contributed by atoms with van der Waals surface area (Å²) in [6.45, 7) is 3.88. The van der Waals surface area contributed by atoms with E-state index in [1.807, 2.05) is 38.1 Å². The largest absolute Gasteiger partial charge is 0.465 e. The Kier molecular flexibility index (Phi) is 4.70. The summed E-state index contributed by atoms with van der Waals surface area (Å²) >= 11 is 6.23. The molecule has 0 saturated carbocycles. The third-order valence-electron chi connectivity index (χ3n) is 4.08. The molecule has 0 fully saturated rings. The van der Waals surface area contributed by atoms with Crippen LogP contribution in [0.5, 0.6) is 0 Å². The maximum absolute atomic E-state index is 12.2. The zero-order valence-electron chi connectivity index (χ0n) is 15.1. The van der Waals surface area contributed by atoms with Crippen LogP contribution in [-0.4, -0.2) is 25.8 Å². The van der Waals surface area contributed by atoms with Crippen molar-refractivity contribution < 1.29 is 13.7 Å². The average molecular weight is 398 g/mol. The lowest BCUT2D eigenvalue weighted by Gasteiger charge is -2.02. The molecule has 0 unspecified atom stereocenters. The summed E-state index contributed by atoms with van der Waals surface area (Å²) in [5, 5.41) is 11.6. The van der Waals surface area contributed by atoms with Crippen LogP contribution in [0.4, 0.5) is 0 Å². The number of nitrogens with zero attached hydrogens (tertiary/aromatic N) is 4. The molecule has 142 valence electrons. The Morgan fingerprint density at radius 1 is 1.21 bits per heavy atom. The molecule has 0 spiro atoms. The lowest BCUT2D eigenvalue weighted by molar-refractivity contribution is 0.0904. The first-order valence-electron chi connectivity index (χ1n) is 8.50. The van der Waals surface area contributed by atoms with Crippen LogP contribution in [0.15, 0.2) is 51.5 Å². The molecule has 28 heavy (non-hydrogen) atoms. The summed E-state index contributed by atoms with van der Waals surface area (Å²) in [5.41, 5.74) is 2.05. The zero-order chi connectivity index (χ0) is 19.7. The minimum atomic E-state index is -0.482. The second kappa shape index (κ2) is 7.32. The Labute approximate surface area is 165 Å². The molecule has 4 aromatic rings. The molecular formula is C19H16ClN5O3. The van der Waals surface area contributed by atoms with Crippen LogP contribution in [-0.2, 0) is 6.54 Å². The van der Waals surface area contributed by atoms with E-state index in [0.29, 0.717) is 22.0 Å². The van der Waals surface area contributed by atoms with E-state index < -0.39 is 5.91 Å². The Bertz CT molecular complexity index is 1140. The van der Waals surface area contributed by atoms with Crippen molar-refractivity contribution >= 4 is 17.5 Å². The van der Waals surface area contributed by atoms with Gasteiger partial charge in [0.1, 0.15) is 11.5 Å². The van der Waals surface area contributed by atoms with Gasteiger partial charge in [-0.3, -0.25) is 4.79 Å². The highest BCUT2D eigenvalue weighted by Gasteiger charge is 2.19. The van der Waals surface area contributed by atoms with Crippen molar-refractivity contribution in [3.05, 3.63) is 70.7 Å². The topological polar surface area (TPSA) is 99.0 Å². The van der Waals surface area contributed by atoms with Crippen LogP contribution in [0.25, 0.3) is 17.1 Å². The highest BCUT2D eigenvalue weighted by molar-refractivity contribution is 6.32.